The molecule has 0 saturated carbocycles. The zero-order valence-electron chi connectivity index (χ0n) is 14.2. The zero-order valence-corrected chi connectivity index (χ0v) is 15.0. The van der Waals surface area contributed by atoms with Gasteiger partial charge >= 0.3 is 0 Å². The second-order valence-corrected chi connectivity index (χ2v) is 7.31. The first-order valence-electron chi connectivity index (χ1n) is 8.20. The summed E-state index contributed by atoms with van der Waals surface area (Å²) in [6.45, 7) is 3.80. The molecule has 128 valence electrons. The van der Waals surface area contributed by atoms with E-state index in [1.54, 1.807) is 22.2 Å². The van der Waals surface area contributed by atoms with Crippen LogP contribution in [0, 0.1) is 6.92 Å². The highest BCUT2D eigenvalue weighted by molar-refractivity contribution is 7.15. The molecule has 0 saturated heterocycles. The number of hydrogen-bond donors (Lipinski definition) is 1. The van der Waals surface area contributed by atoms with Gasteiger partial charge in [0.05, 0.1) is 28.8 Å². The van der Waals surface area contributed by atoms with Crippen molar-refractivity contribution in [2.24, 2.45) is 0 Å². The van der Waals surface area contributed by atoms with Crippen molar-refractivity contribution in [3.63, 3.8) is 0 Å². The molecule has 4 rings (SSSR count). The quantitative estimate of drug-likeness (QED) is 0.786. The summed E-state index contributed by atoms with van der Waals surface area (Å²) in [6, 6.07) is 9.79. The summed E-state index contributed by atoms with van der Waals surface area (Å²) in [4.78, 5) is 20.7. The number of nitrogens with zero attached hydrogens (tertiary/aromatic N) is 4. The average Bonchev–Trinajstić information content (AvgIpc) is 3.18. The van der Waals surface area contributed by atoms with Crippen LogP contribution in [0.15, 0.2) is 36.5 Å². The Morgan fingerprint density at radius 1 is 1.28 bits per heavy atom. The molecule has 25 heavy (non-hydrogen) atoms. The van der Waals surface area contributed by atoms with E-state index in [0.717, 1.165) is 36.6 Å². The van der Waals surface area contributed by atoms with Gasteiger partial charge in [-0.05, 0) is 26.1 Å². The van der Waals surface area contributed by atoms with Crippen molar-refractivity contribution < 1.29 is 4.79 Å². The number of carbonyl (C=O) groups excluding carboxylic acids is 1. The lowest BCUT2D eigenvalue weighted by Crippen LogP contribution is -2.25. The van der Waals surface area contributed by atoms with Gasteiger partial charge in [0.15, 0.2) is 5.13 Å². The Labute approximate surface area is 150 Å². The third-order valence-corrected chi connectivity index (χ3v) is 5.40. The number of aromatic nitrogens is 3. The highest BCUT2D eigenvalue weighted by Gasteiger charge is 2.21. The third-order valence-electron chi connectivity index (χ3n) is 4.40. The Morgan fingerprint density at radius 2 is 2.08 bits per heavy atom. The number of para-hydroxylation sites is 1. The lowest BCUT2D eigenvalue weighted by molar-refractivity contribution is 0.102. The van der Waals surface area contributed by atoms with Crippen molar-refractivity contribution in [3.8, 4) is 5.69 Å². The number of benzene rings is 1. The molecule has 3 aromatic rings. The number of likely N-dealkylation sites (N-methyl/N-ethyl adjacent to an activating group) is 1. The molecule has 1 aromatic carbocycles. The number of hydrogen-bond acceptors (Lipinski definition) is 5. The summed E-state index contributed by atoms with van der Waals surface area (Å²) >= 11 is 1.56. The SMILES string of the molecule is Cc1c(C(=O)Nc2nc3c(s2)CN(C)CC3)cnn1-c1ccccc1. The first-order valence-corrected chi connectivity index (χ1v) is 9.02. The fourth-order valence-electron chi connectivity index (χ4n) is 3.00. The van der Waals surface area contributed by atoms with E-state index in [-0.39, 0.29) is 5.91 Å². The monoisotopic (exact) mass is 353 g/mol. The lowest BCUT2D eigenvalue weighted by Gasteiger charge is -2.20. The molecule has 1 N–H and O–H groups in total. The lowest BCUT2D eigenvalue weighted by atomic mass is 10.2. The van der Waals surface area contributed by atoms with Gasteiger partial charge in [-0.2, -0.15) is 5.10 Å². The summed E-state index contributed by atoms with van der Waals surface area (Å²) in [5.74, 6) is -0.167. The largest absolute Gasteiger partial charge is 0.301 e. The van der Waals surface area contributed by atoms with Crippen molar-refractivity contribution in [1.29, 1.82) is 0 Å². The Hall–Kier alpha value is -2.51. The van der Waals surface area contributed by atoms with Crippen molar-refractivity contribution in [1.82, 2.24) is 19.7 Å². The van der Waals surface area contributed by atoms with E-state index in [1.807, 2.05) is 37.3 Å². The number of amides is 1. The predicted octanol–water partition coefficient (Wildman–Crippen LogP) is 2.88. The molecule has 0 spiro atoms. The summed E-state index contributed by atoms with van der Waals surface area (Å²) in [6.07, 6.45) is 2.54. The molecule has 0 radical (unpaired) electrons. The predicted molar refractivity (Wildman–Crippen MR) is 98.4 cm³/mol. The van der Waals surface area contributed by atoms with Crippen LogP contribution in [-0.4, -0.2) is 39.2 Å². The minimum atomic E-state index is -0.167. The van der Waals surface area contributed by atoms with Crippen molar-refractivity contribution in [3.05, 3.63) is 58.4 Å². The van der Waals surface area contributed by atoms with Crippen LogP contribution in [0.1, 0.15) is 26.6 Å². The van der Waals surface area contributed by atoms with Crippen LogP contribution in [-0.2, 0) is 13.0 Å². The smallest absolute Gasteiger partial charge is 0.260 e. The van der Waals surface area contributed by atoms with Gasteiger partial charge in [-0.25, -0.2) is 9.67 Å². The van der Waals surface area contributed by atoms with Crippen LogP contribution in [0.5, 0.6) is 0 Å². The van der Waals surface area contributed by atoms with Crippen LogP contribution in [0.25, 0.3) is 5.69 Å². The number of anilines is 1. The first kappa shape index (κ1) is 16.0. The number of fused-ring (bicyclic) bond motifs is 1. The molecule has 3 heterocycles. The fraction of sp³-hybridized carbons (Fsp3) is 0.278. The topological polar surface area (TPSA) is 63.1 Å². The maximum absolute atomic E-state index is 12.6. The van der Waals surface area contributed by atoms with E-state index in [9.17, 15) is 4.79 Å². The van der Waals surface area contributed by atoms with E-state index >= 15 is 0 Å². The van der Waals surface area contributed by atoms with E-state index in [0.29, 0.717) is 10.7 Å². The summed E-state index contributed by atoms with van der Waals surface area (Å²) in [5.41, 5.74) is 3.42. The molecular weight excluding hydrogens is 334 g/mol. The highest BCUT2D eigenvalue weighted by atomic mass is 32.1. The molecule has 0 atom stereocenters. The molecule has 0 fully saturated rings. The van der Waals surface area contributed by atoms with Crippen LogP contribution >= 0.6 is 11.3 Å². The molecule has 0 bridgehead atoms. The van der Waals surface area contributed by atoms with Gasteiger partial charge in [0.25, 0.3) is 5.91 Å². The standard InChI is InChI=1S/C18H19N5OS/c1-12-14(10-19-23(12)13-6-4-3-5-7-13)17(24)21-18-20-15-8-9-22(2)11-16(15)25-18/h3-7,10H,8-9,11H2,1-2H3,(H,20,21,24). The molecule has 0 aliphatic carbocycles. The minimum absolute atomic E-state index is 0.167. The average molecular weight is 353 g/mol. The van der Waals surface area contributed by atoms with Crippen molar-refractivity contribution >= 4 is 22.4 Å². The molecule has 6 nitrogen and oxygen atoms in total. The number of thiazole rings is 1. The van der Waals surface area contributed by atoms with Gasteiger partial charge in [0.2, 0.25) is 0 Å². The van der Waals surface area contributed by atoms with Gasteiger partial charge in [-0.15, -0.1) is 11.3 Å². The maximum atomic E-state index is 12.6. The first-order chi connectivity index (χ1) is 12.1. The zero-order chi connectivity index (χ0) is 17.4. The Balaban J connectivity index is 1.55. The maximum Gasteiger partial charge on any atom is 0.260 e. The van der Waals surface area contributed by atoms with Crippen molar-refractivity contribution in [2.45, 2.75) is 19.9 Å². The van der Waals surface area contributed by atoms with E-state index < -0.39 is 0 Å². The number of rotatable bonds is 3. The molecule has 1 aliphatic heterocycles. The summed E-state index contributed by atoms with van der Waals surface area (Å²) in [7, 11) is 2.10. The Kier molecular flexibility index (Phi) is 4.10. The molecule has 2 aromatic heterocycles. The van der Waals surface area contributed by atoms with E-state index in [2.05, 4.69) is 27.3 Å². The van der Waals surface area contributed by atoms with Crippen LogP contribution < -0.4 is 5.32 Å². The molecule has 0 unspecified atom stereocenters. The molecule has 1 aliphatic rings. The van der Waals surface area contributed by atoms with Crippen molar-refractivity contribution in [2.75, 3.05) is 18.9 Å². The second-order valence-electron chi connectivity index (χ2n) is 6.22. The van der Waals surface area contributed by atoms with E-state index in [4.69, 9.17) is 0 Å². The molecule has 1 amide bonds. The van der Waals surface area contributed by atoms with Gasteiger partial charge in [0.1, 0.15) is 0 Å². The summed E-state index contributed by atoms with van der Waals surface area (Å²) < 4.78 is 1.77. The van der Waals surface area contributed by atoms with Gasteiger partial charge in [0, 0.05) is 24.4 Å². The fourth-order valence-corrected chi connectivity index (χ4v) is 4.09. The number of nitrogens with one attached hydrogen (secondary N) is 1. The second kappa shape index (κ2) is 6.42. The molecular formula is C18H19N5OS. The van der Waals surface area contributed by atoms with Gasteiger partial charge < -0.3 is 4.90 Å². The molecule has 7 heteroatoms. The third kappa shape index (κ3) is 3.08. The van der Waals surface area contributed by atoms with Gasteiger partial charge in [-0.3, -0.25) is 10.1 Å². The van der Waals surface area contributed by atoms with Gasteiger partial charge in [-0.1, -0.05) is 18.2 Å². The summed E-state index contributed by atoms with van der Waals surface area (Å²) in [5, 5.41) is 7.95. The normalized spacial score (nSPS) is 14.3. The Morgan fingerprint density at radius 3 is 2.88 bits per heavy atom. The highest BCUT2D eigenvalue weighted by Crippen LogP contribution is 2.28. The van der Waals surface area contributed by atoms with Crippen LogP contribution in [0.4, 0.5) is 5.13 Å². The minimum Gasteiger partial charge on any atom is -0.301 e. The Bertz CT molecular complexity index is 915. The van der Waals surface area contributed by atoms with E-state index in [1.165, 1.54) is 4.88 Å². The number of carbonyl (C=O) groups is 1. The van der Waals surface area contributed by atoms with Crippen LogP contribution in [0.3, 0.4) is 0 Å². The van der Waals surface area contributed by atoms with Crippen LogP contribution in [0.2, 0.25) is 0 Å².